The Morgan fingerprint density at radius 3 is 2.34 bits per heavy atom. The van der Waals surface area contributed by atoms with Gasteiger partial charge in [-0.05, 0) is 61.1 Å². The Bertz CT molecular complexity index is 1270. The van der Waals surface area contributed by atoms with E-state index in [0.717, 1.165) is 52.2 Å². The average Bonchev–Trinajstić information content (AvgIpc) is 3.19. The van der Waals surface area contributed by atoms with E-state index in [1.54, 1.807) is 15.5 Å². The fraction of sp³-hybridized carbons (Fsp3) is 0.333. The standard InChI is InChI=1S/C21H23N3O2S3/c1-14-7-8-15-18(13-14)28-23(20(15)25)9-3-11-27-12-4-10-24-21(26)16-5-2-6-17(22)19(16)29-24/h2,5-8,13H,3-4,9-12,22H2,1H3. The van der Waals surface area contributed by atoms with Gasteiger partial charge in [-0.3, -0.25) is 17.5 Å². The predicted octanol–water partition coefficient (Wildman–Crippen LogP) is 4.54. The first kappa shape index (κ1) is 20.3. The predicted molar refractivity (Wildman–Crippen MR) is 128 cm³/mol. The number of thioether (sulfide) groups is 1. The third-order valence-electron chi connectivity index (χ3n) is 4.81. The summed E-state index contributed by atoms with van der Waals surface area (Å²) in [6.07, 6.45) is 1.91. The summed E-state index contributed by atoms with van der Waals surface area (Å²) in [4.78, 5) is 24.8. The van der Waals surface area contributed by atoms with Crippen molar-refractivity contribution >= 4 is 60.7 Å². The lowest BCUT2D eigenvalue weighted by Crippen LogP contribution is -2.14. The van der Waals surface area contributed by atoms with Crippen LogP contribution in [0.25, 0.3) is 20.2 Å². The maximum atomic E-state index is 12.4. The fourth-order valence-electron chi connectivity index (χ4n) is 3.30. The van der Waals surface area contributed by atoms with Crippen LogP contribution in [0.1, 0.15) is 18.4 Å². The summed E-state index contributed by atoms with van der Waals surface area (Å²) in [6.45, 7) is 3.53. The van der Waals surface area contributed by atoms with E-state index in [-0.39, 0.29) is 11.1 Å². The molecule has 0 aliphatic heterocycles. The van der Waals surface area contributed by atoms with Crippen LogP contribution in [0.5, 0.6) is 0 Å². The Balaban J connectivity index is 1.23. The number of fused-ring (bicyclic) bond motifs is 2. The Morgan fingerprint density at radius 1 is 0.931 bits per heavy atom. The summed E-state index contributed by atoms with van der Waals surface area (Å²) in [5, 5.41) is 1.54. The highest BCUT2D eigenvalue weighted by molar-refractivity contribution is 7.99. The average molecular weight is 446 g/mol. The quantitative estimate of drug-likeness (QED) is 0.319. The van der Waals surface area contributed by atoms with Gasteiger partial charge in [-0.15, -0.1) is 0 Å². The van der Waals surface area contributed by atoms with Gasteiger partial charge in [0.2, 0.25) is 0 Å². The molecule has 0 saturated carbocycles. The number of nitrogens with zero attached hydrogens (tertiary/aromatic N) is 2. The van der Waals surface area contributed by atoms with Gasteiger partial charge >= 0.3 is 0 Å². The van der Waals surface area contributed by atoms with Gasteiger partial charge in [0.25, 0.3) is 11.1 Å². The highest BCUT2D eigenvalue weighted by atomic mass is 32.2. The normalized spacial score (nSPS) is 11.6. The van der Waals surface area contributed by atoms with Crippen LogP contribution < -0.4 is 16.9 Å². The molecule has 0 saturated heterocycles. The van der Waals surface area contributed by atoms with Gasteiger partial charge in [-0.2, -0.15) is 11.8 Å². The summed E-state index contributed by atoms with van der Waals surface area (Å²) in [6, 6.07) is 11.5. The van der Waals surface area contributed by atoms with Gasteiger partial charge in [-0.25, -0.2) is 0 Å². The Morgan fingerprint density at radius 2 is 1.62 bits per heavy atom. The van der Waals surface area contributed by atoms with E-state index in [1.807, 2.05) is 53.0 Å². The van der Waals surface area contributed by atoms with Crippen molar-refractivity contribution in [2.45, 2.75) is 32.9 Å². The van der Waals surface area contributed by atoms with Crippen molar-refractivity contribution in [2.24, 2.45) is 0 Å². The SMILES string of the molecule is Cc1ccc2c(=O)n(CCCSCCCn3sc4c(N)cccc4c3=O)sc2c1. The Labute approximate surface area is 181 Å². The number of benzene rings is 2. The summed E-state index contributed by atoms with van der Waals surface area (Å²) in [5.74, 6) is 2.00. The molecule has 0 amide bonds. The van der Waals surface area contributed by atoms with E-state index in [2.05, 4.69) is 6.07 Å². The minimum Gasteiger partial charge on any atom is -0.398 e. The summed E-state index contributed by atoms with van der Waals surface area (Å²) < 4.78 is 5.62. The molecular weight excluding hydrogens is 422 g/mol. The van der Waals surface area contributed by atoms with Gasteiger partial charge < -0.3 is 5.73 Å². The number of hydrogen-bond donors (Lipinski definition) is 1. The molecule has 0 aliphatic carbocycles. The number of hydrogen-bond acceptors (Lipinski definition) is 6. The summed E-state index contributed by atoms with van der Waals surface area (Å²) in [5.41, 5.74) is 8.00. The lowest BCUT2D eigenvalue weighted by molar-refractivity contribution is 0.713. The van der Waals surface area contributed by atoms with E-state index in [9.17, 15) is 9.59 Å². The van der Waals surface area contributed by atoms with E-state index in [1.165, 1.54) is 17.1 Å². The van der Waals surface area contributed by atoms with Crippen molar-refractivity contribution in [3.05, 3.63) is 62.7 Å². The van der Waals surface area contributed by atoms with Crippen LogP contribution in [-0.2, 0) is 13.1 Å². The number of rotatable bonds is 8. The van der Waals surface area contributed by atoms with Crippen molar-refractivity contribution in [1.82, 2.24) is 7.91 Å². The van der Waals surface area contributed by atoms with Crippen molar-refractivity contribution in [2.75, 3.05) is 17.2 Å². The Hall–Kier alpha value is -2.03. The lowest BCUT2D eigenvalue weighted by atomic mass is 10.2. The topological polar surface area (TPSA) is 70.0 Å². The van der Waals surface area contributed by atoms with Crippen molar-refractivity contribution < 1.29 is 0 Å². The van der Waals surface area contributed by atoms with Crippen LogP contribution in [0, 0.1) is 6.92 Å². The van der Waals surface area contributed by atoms with Gasteiger partial charge in [0.05, 0.1) is 25.9 Å². The second kappa shape index (κ2) is 8.77. The number of anilines is 1. The highest BCUT2D eigenvalue weighted by Gasteiger charge is 2.09. The third-order valence-corrected chi connectivity index (χ3v) is 8.27. The molecule has 2 aromatic heterocycles. The fourth-order valence-corrected chi connectivity index (χ4v) is 6.36. The monoisotopic (exact) mass is 445 g/mol. The molecule has 2 aromatic carbocycles. The molecule has 2 N–H and O–H groups in total. The first-order valence-corrected chi connectivity index (χ1v) is 12.3. The molecule has 2 heterocycles. The minimum atomic E-state index is 0.0571. The molecule has 29 heavy (non-hydrogen) atoms. The first-order chi connectivity index (χ1) is 14.0. The third kappa shape index (κ3) is 4.29. The van der Waals surface area contributed by atoms with Crippen LogP contribution in [0.2, 0.25) is 0 Å². The number of nitrogens with two attached hydrogens (primary N) is 1. The molecule has 5 nitrogen and oxygen atoms in total. The van der Waals surface area contributed by atoms with E-state index >= 15 is 0 Å². The molecule has 4 rings (SSSR count). The van der Waals surface area contributed by atoms with E-state index in [0.29, 0.717) is 11.1 Å². The van der Waals surface area contributed by atoms with Crippen LogP contribution in [-0.4, -0.2) is 19.4 Å². The molecule has 152 valence electrons. The van der Waals surface area contributed by atoms with E-state index < -0.39 is 0 Å². The zero-order chi connectivity index (χ0) is 20.4. The van der Waals surface area contributed by atoms with Crippen LogP contribution in [0.3, 0.4) is 0 Å². The number of aromatic nitrogens is 2. The molecule has 0 atom stereocenters. The highest BCUT2D eigenvalue weighted by Crippen LogP contribution is 2.23. The van der Waals surface area contributed by atoms with Crippen molar-refractivity contribution in [3.63, 3.8) is 0 Å². The van der Waals surface area contributed by atoms with Gasteiger partial charge in [-0.1, -0.05) is 35.2 Å². The summed E-state index contributed by atoms with van der Waals surface area (Å²) >= 11 is 4.89. The summed E-state index contributed by atoms with van der Waals surface area (Å²) in [7, 11) is 0. The van der Waals surface area contributed by atoms with Crippen LogP contribution >= 0.6 is 34.8 Å². The molecule has 0 bridgehead atoms. The van der Waals surface area contributed by atoms with Crippen LogP contribution in [0.4, 0.5) is 5.69 Å². The largest absolute Gasteiger partial charge is 0.398 e. The van der Waals surface area contributed by atoms with Crippen molar-refractivity contribution in [1.29, 1.82) is 0 Å². The maximum Gasteiger partial charge on any atom is 0.268 e. The second-order valence-electron chi connectivity index (χ2n) is 7.04. The van der Waals surface area contributed by atoms with Crippen LogP contribution in [0.15, 0.2) is 46.0 Å². The zero-order valence-corrected chi connectivity index (χ0v) is 18.7. The molecule has 0 radical (unpaired) electrons. The van der Waals surface area contributed by atoms with Gasteiger partial charge in [0.1, 0.15) is 0 Å². The molecule has 0 aliphatic rings. The second-order valence-corrected chi connectivity index (χ2v) is 10.4. The Kier molecular flexibility index (Phi) is 6.12. The minimum absolute atomic E-state index is 0.0571. The zero-order valence-electron chi connectivity index (χ0n) is 16.2. The molecule has 4 aromatic rings. The lowest BCUT2D eigenvalue weighted by Gasteiger charge is -2.03. The van der Waals surface area contributed by atoms with Gasteiger partial charge in [0, 0.05) is 13.1 Å². The molecule has 8 heteroatoms. The van der Waals surface area contributed by atoms with Crippen molar-refractivity contribution in [3.8, 4) is 0 Å². The molecule has 0 spiro atoms. The maximum absolute atomic E-state index is 12.4. The first-order valence-electron chi connectivity index (χ1n) is 9.61. The van der Waals surface area contributed by atoms with Gasteiger partial charge in [0.15, 0.2) is 0 Å². The van der Waals surface area contributed by atoms with E-state index in [4.69, 9.17) is 5.73 Å². The number of aryl methyl sites for hydroxylation is 3. The number of nitrogen functional groups attached to an aromatic ring is 1. The molecular formula is C21H23N3O2S3. The smallest absolute Gasteiger partial charge is 0.268 e. The molecule has 0 fully saturated rings. The molecule has 0 unspecified atom stereocenters.